The Morgan fingerprint density at radius 2 is 2.05 bits per heavy atom. The van der Waals surface area contributed by atoms with Crippen LogP contribution in [0, 0.1) is 5.92 Å². The molecule has 1 N–H and O–H groups in total. The molecular weight excluding hydrogens is 274 g/mol. The normalized spacial score (nSPS) is 13.7. The van der Waals surface area contributed by atoms with E-state index in [2.05, 4.69) is 26.1 Å². The van der Waals surface area contributed by atoms with Crippen LogP contribution < -0.4 is 5.32 Å². The number of carbonyl (C=O) groups excluding carboxylic acids is 1. The van der Waals surface area contributed by atoms with Crippen LogP contribution in [-0.4, -0.2) is 19.1 Å². The molecule has 0 aliphatic carbocycles. The molecule has 0 saturated heterocycles. The first-order valence-electron chi connectivity index (χ1n) is 7.16. The summed E-state index contributed by atoms with van der Waals surface area (Å²) in [6.07, 6.45) is 3.24. The maximum absolute atomic E-state index is 11.8. The number of esters is 1. The number of rotatable bonds is 7. The van der Waals surface area contributed by atoms with Crippen LogP contribution in [0.1, 0.15) is 50.4 Å². The van der Waals surface area contributed by atoms with E-state index in [0.29, 0.717) is 22.5 Å². The molecule has 0 radical (unpaired) electrons. The second kappa shape index (κ2) is 8.15. The molecule has 0 bridgehead atoms. The summed E-state index contributed by atoms with van der Waals surface area (Å²) in [5.41, 5.74) is 1.28. The van der Waals surface area contributed by atoms with Crippen LogP contribution in [0.2, 0.25) is 5.02 Å². The van der Waals surface area contributed by atoms with Gasteiger partial charge in [0.25, 0.3) is 0 Å². The fourth-order valence-corrected chi connectivity index (χ4v) is 2.29. The molecule has 0 aliphatic heterocycles. The minimum Gasteiger partial charge on any atom is -0.465 e. The lowest BCUT2D eigenvalue weighted by Crippen LogP contribution is -2.22. The van der Waals surface area contributed by atoms with Gasteiger partial charge in [-0.3, -0.25) is 0 Å². The average Bonchev–Trinajstić information content (AvgIpc) is 2.46. The van der Waals surface area contributed by atoms with E-state index in [4.69, 9.17) is 16.3 Å². The monoisotopic (exact) mass is 297 g/mol. The summed E-state index contributed by atoms with van der Waals surface area (Å²) in [6.45, 7) is 6.58. The molecule has 1 aromatic rings. The van der Waals surface area contributed by atoms with Gasteiger partial charge in [-0.15, -0.1) is 0 Å². The van der Waals surface area contributed by atoms with Gasteiger partial charge < -0.3 is 10.1 Å². The van der Waals surface area contributed by atoms with Crippen molar-refractivity contribution in [3.63, 3.8) is 0 Å². The number of methoxy groups -OCH3 is 1. The molecule has 20 heavy (non-hydrogen) atoms. The molecule has 112 valence electrons. The summed E-state index contributed by atoms with van der Waals surface area (Å²) < 4.78 is 4.81. The molecule has 4 heteroatoms. The number of nitrogens with one attached hydrogen (secondary N) is 1. The Bertz CT molecular complexity index is 448. The third-order valence-electron chi connectivity index (χ3n) is 3.62. The number of hydrogen-bond acceptors (Lipinski definition) is 3. The summed E-state index contributed by atoms with van der Waals surface area (Å²) in [5, 5.41) is 3.98. The van der Waals surface area contributed by atoms with Crippen molar-refractivity contribution in [3.05, 3.63) is 28.8 Å². The van der Waals surface area contributed by atoms with Crippen molar-refractivity contribution in [2.75, 3.05) is 12.4 Å². The average molecular weight is 298 g/mol. The van der Waals surface area contributed by atoms with Gasteiger partial charge in [-0.25, -0.2) is 4.79 Å². The molecule has 0 spiro atoms. The molecule has 0 fully saturated rings. The summed E-state index contributed by atoms with van der Waals surface area (Å²) in [6, 6.07) is 5.61. The van der Waals surface area contributed by atoms with E-state index in [1.54, 1.807) is 12.1 Å². The predicted molar refractivity (Wildman–Crippen MR) is 84.6 cm³/mol. The van der Waals surface area contributed by atoms with Crippen LogP contribution in [0.3, 0.4) is 0 Å². The van der Waals surface area contributed by atoms with Gasteiger partial charge in [-0.1, -0.05) is 38.8 Å². The van der Waals surface area contributed by atoms with Crippen molar-refractivity contribution in [1.29, 1.82) is 0 Å². The van der Waals surface area contributed by atoms with Crippen molar-refractivity contribution in [2.24, 2.45) is 5.92 Å². The summed E-state index contributed by atoms with van der Waals surface area (Å²) in [7, 11) is 1.38. The zero-order valence-electron chi connectivity index (χ0n) is 12.7. The van der Waals surface area contributed by atoms with Gasteiger partial charge >= 0.3 is 5.97 Å². The highest BCUT2D eigenvalue weighted by molar-refractivity contribution is 6.31. The number of carbonyl (C=O) groups is 1. The maximum atomic E-state index is 11.8. The van der Waals surface area contributed by atoms with Crippen molar-refractivity contribution in [3.8, 4) is 0 Å². The predicted octanol–water partition coefficient (Wildman–Crippen LogP) is 4.75. The van der Waals surface area contributed by atoms with Crippen molar-refractivity contribution in [2.45, 2.75) is 46.1 Å². The third-order valence-corrected chi connectivity index (χ3v) is 3.86. The highest BCUT2D eigenvalue weighted by Gasteiger charge is 2.16. The fraction of sp³-hybridized carbons (Fsp3) is 0.562. The maximum Gasteiger partial charge on any atom is 0.340 e. The molecule has 0 heterocycles. The fourth-order valence-electron chi connectivity index (χ4n) is 2.12. The van der Waals surface area contributed by atoms with Crippen molar-refractivity contribution < 1.29 is 9.53 Å². The van der Waals surface area contributed by atoms with E-state index in [9.17, 15) is 4.79 Å². The Kier molecular flexibility index (Phi) is 6.86. The summed E-state index contributed by atoms with van der Waals surface area (Å²) in [5.74, 6) is 0.287. The lowest BCUT2D eigenvalue weighted by molar-refractivity contribution is 0.0602. The van der Waals surface area contributed by atoms with E-state index >= 15 is 0 Å². The highest BCUT2D eigenvalue weighted by Crippen LogP contribution is 2.24. The number of halogens is 1. The summed E-state index contributed by atoms with van der Waals surface area (Å²) in [4.78, 5) is 11.8. The highest BCUT2D eigenvalue weighted by atomic mass is 35.5. The Hall–Kier alpha value is -1.22. The smallest absolute Gasteiger partial charge is 0.340 e. The quantitative estimate of drug-likeness (QED) is 0.738. The second-order valence-corrected chi connectivity index (χ2v) is 5.62. The number of ether oxygens (including phenoxy) is 1. The van der Waals surface area contributed by atoms with Gasteiger partial charge in [-0.2, -0.15) is 0 Å². The topological polar surface area (TPSA) is 38.3 Å². The minimum absolute atomic E-state index is 0.342. The standard InChI is InChI=1S/C16H24ClNO2/c1-5-11(3)9-13(6-2)18-15-8-7-12(17)10-14(15)16(19)20-4/h7-8,10-11,13,18H,5-6,9H2,1-4H3. The molecule has 2 unspecified atom stereocenters. The van der Waals surface area contributed by atoms with E-state index in [0.717, 1.165) is 24.9 Å². The first kappa shape index (κ1) is 16.8. The van der Waals surface area contributed by atoms with Crippen molar-refractivity contribution in [1.82, 2.24) is 0 Å². The molecule has 1 rings (SSSR count). The molecular formula is C16H24ClNO2. The van der Waals surface area contributed by atoms with Crippen LogP contribution in [0.25, 0.3) is 0 Å². The first-order valence-corrected chi connectivity index (χ1v) is 7.53. The number of hydrogen-bond donors (Lipinski definition) is 1. The van der Waals surface area contributed by atoms with Crippen LogP contribution >= 0.6 is 11.6 Å². The molecule has 1 aromatic carbocycles. The molecule has 2 atom stereocenters. The zero-order valence-corrected chi connectivity index (χ0v) is 13.5. The lowest BCUT2D eigenvalue weighted by Gasteiger charge is -2.22. The Morgan fingerprint density at radius 3 is 2.60 bits per heavy atom. The molecule has 0 amide bonds. The number of anilines is 1. The molecule has 0 aromatic heterocycles. The van der Waals surface area contributed by atoms with Gasteiger partial charge in [0, 0.05) is 16.8 Å². The largest absolute Gasteiger partial charge is 0.465 e. The Morgan fingerprint density at radius 1 is 1.35 bits per heavy atom. The van der Waals surface area contributed by atoms with E-state index < -0.39 is 0 Å². The van der Waals surface area contributed by atoms with E-state index in [-0.39, 0.29) is 5.97 Å². The van der Waals surface area contributed by atoms with Crippen LogP contribution in [-0.2, 0) is 4.74 Å². The third kappa shape index (κ3) is 4.71. The lowest BCUT2D eigenvalue weighted by atomic mass is 9.97. The first-order chi connectivity index (χ1) is 9.51. The molecule has 0 aliphatic rings. The van der Waals surface area contributed by atoms with Gasteiger partial charge in [0.15, 0.2) is 0 Å². The van der Waals surface area contributed by atoms with Crippen molar-refractivity contribution >= 4 is 23.3 Å². The van der Waals surface area contributed by atoms with E-state index in [1.807, 2.05) is 6.07 Å². The zero-order chi connectivity index (χ0) is 15.1. The number of benzene rings is 1. The SMILES string of the molecule is CCC(C)CC(CC)Nc1ccc(Cl)cc1C(=O)OC. The Labute approximate surface area is 126 Å². The van der Waals surface area contributed by atoms with Crippen LogP contribution in [0.4, 0.5) is 5.69 Å². The molecule has 3 nitrogen and oxygen atoms in total. The second-order valence-electron chi connectivity index (χ2n) is 5.18. The Balaban J connectivity index is 2.92. The molecule has 0 saturated carbocycles. The van der Waals surface area contributed by atoms with Gasteiger partial charge in [0.05, 0.1) is 12.7 Å². The van der Waals surface area contributed by atoms with E-state index in [1.165, 1.54) is 7.11 Å². The minimum atomic E-state index is -0.367. The van der Waals surface area contributed by atoms with Crippen LogP contribution in [0.5, 0.6) is 0 Å². The van der Waals surface area contributed by atoms with Gasteiger partial charge in [0.1, 0.15) is 0 Å². The van der Waals surface area contributed by atoms with Gasteiger partial charge in [0.2, 0.25) is 0 Å². The summed E-state index contributed by atoms with van der Waals surface area (Å²) >= 11 is 5.96. The van der Waals surface area contributed by atoms with Gasteiger partial charge in [-0.05, 0) is 37.0 Å². The van der Waals surface area contributed by atoms with Crippen LogP contribution in [0.15, 0.2) is 18.2 Å².